The first-order chi connectivity index (χ1) is 13.4. The topological polar surface area (TPSA) is 32.3 Å². The van der Waals surface area contributed by atoms with Crippen molar-refractivity contribution in [2.45, 2.75) is 83.7 Å². The van der Waals surface area contributed by atoms with E-state index in [1.807, 2.05) is 11.9 Å². The highest BCUT2D eigenvalue weighted by Gasteiger charge is 2.61. The van der Waals surface area contributed by atoms with E-state index in [1.54, 1.807) is 0 Å². The Morgan fingerprint density at radius 1 is 1.25 bits per heavy atom. The van der Waals surface area contributed by atoms with E-state index in [0.29, 0.717) is 17.4 Å². The third kappa shape index (κ3) is 2.61. The summed E-state index contributed by atoms with van der Waals surface area (Å²) in [5.74, 6) is 3.40. The van der Waals surface area contributed by atoms with Crippen LogP contribution in [0.3, 0.4) is 0 Å². The first-order valence-corrected chi connectivity index (χ1v) is 11.7. The summed E-state index contributed by atoms with van der Waals surface area (Å²) in [6.07, 6.45) is 15.5. The average molecular weight is 383 g/mol. The molecule has 3 heteroatoms. The molecule has 5 aliphatic rings. The Morgan fingerprint density at radius 2 is 2.04 bits per heavy atom. The molecule has 2 unspecified atom stereocenters. The highest BCUT2D eigenvalue weighted by Crippen LogP contribution is 2.65. The molecule has 7 atom stereocenters. The Bertz CT molecular complexity index is 709. The van der Waals surface area contributed by atoms with Gasteiger partial charge in [-0.25, -0.2) is 0 Å². The van der Waals surface area contributed by atoms with Crippen LogP contribution < -0.4 is 5.32 Å². The predicted octanol–water partition coefficient (Wildman–Crippen LogP) is 4.90. The van der Waals surface area contributed by atoms with Crippen molar-refractivity contribution in [3.05, 3.63) is 24.4 Å². The largest absolute Gasteiger partial charge is 0.319 e. The van der Waals surface area contributed by atoms with Crippen molar-refractivity contribution in [2.24, 2.45) is 34.5 Å². The van der Waals surface area contributed by atoms with Crippen LogP contribution in [0.2, 0.25) is 0 Å². The van der Waals surface area contributed by atoms with Crippen LogP contribution in [0, 0.1) is 34.5 Å². The number of allylic oxidation sites excluding steroid dienone is 3. The molecule has 0 radical (unpaired) electrons. The van der Waals surface area contributed by atoms with Crippen molar-refractivity contribution in [3.63, 3.8) is 0 Å². The van der Waals surface area contributed by atoms with Crippen LogP contribution in [0.25, 0.3) is 0 Å². The number of carbonyl (C=O) groups is 1. The lowest BCUT2D eigenvalue weighted by Gasteiger charge is -2.58. The van der Waals surface area contributed by atoms with E-state index in [1.165, 1.54) is 44.2 Å². The second-order valence-corrected chi connectivity index (χ2v) is 11.1. The van der Waals surface area contributed by atoms with Crippen LogP contribution >= 0.6 is 0 Å². The number of nitrogens with zero attached hydrogens (tertiary/aromatic N) is 1. The zero-order chi connectivity index (χ0) is 19.7. The van der Waals surface area contributed by atoms with Gasteiger partial charge in [-0.2, -0.15) is 0 Å². The highest BCUT2D eigenvalue weighted by atomic mass is 16.2. The number of carbonyl (C=O) groups excluding carboxylic acids is 1. The van der Waals surface area contributed by atoms with Gasteiger partial charge >= 0.3 is 0 Å². The molecule has 3 nitrogen and oxygen atoms in total. The molecule has 1 heterocycles. The maximum absolute atomic E-state index is 12.3. The van der Waals surface area contributed by atoms with Crippen molar-refractivity contribution in [1.82, 2.24) is 10.2 Å². The zero-order valence-electron chi connectivity index (χ0n) is 18.0. The average Bonchev–Trinajstić information content (AvgIpc) is 3.44. The molecule has 1 amide bonds. The molecular formula is C25H38N2O. The van der Waals surface area contributed by atoms with Gasteiger partial charge in [0.2, 0.25) is 5.91 Å². The second-order valence-electron chi connectivity index (χ2n) is 11.1. The molecule has 5 rings (SSSR count). The molecule has 1 N–H and O–H groups in total. The summed E-state index contributed by atoms with van der Waals surface area (Å²) in [5.41, 5.74) is 1.96. The van der Waals surface area contributed by atoms with Gasteiger partial charge in [-0.15, -0.1) is 6.58 Å². The van der Waals surface area contributed by atoms with Gasteiger partial charge in [0.1, 0.15) is 0 Å². The van der Waals surface area contributed by atoms with Gasteiger partial charge < -0.3 is 10.2 Å². The van der Waals surface area contributed by atoms with E-state index in [0.717, 1.165) is 49.0 Å². The molecule has 1 aliphatic heterocycles. The molecule has 0 bridgehead atoms. The standard InChI is InChI=1S/C25H38N2O/c1-5-6-16-15-20-18-9-10-21-24(2,14-12-22(28)27(21)4)19(18)11-13-25(20,3)23(16)26-17-7-8-17/h5,10,16-20,23,26H,1,6-9,11-15H2,2-4H3/t16?,18-,19-,20+,23?,24-,25+/m1/s1. The molecule has 28 heavy (non-hydrogen) atoms. The summed E-state index contributed by atoms with van der Waals surface area (Å²) in [7, 11) is 2.00. The van der Waals surface area contributed by atoms with Crippen molar-refractivity contribution in [1.29, 1.82) is 0 Å². The molecule has 4 fully saturated rings. The van der Waals surface area contributed by atoms with Gasteiger partial charge in [-0.1, -0.05) is 26.0 Å². The third-order valence-corrected chi connectivity index (χ3v) is 9.66. The number of nitrogens with one attached hydrogen (secondary N) is 1. The van der Waals surface area contributed by atoms with Gasteiger partial charge in [-0.05, 0) is 80.5 Å². The Morgan fingerprint density at radius 3 is 2.75 bits per heavy atom. The first-order valence-electron chi connectivity index (χ1n) is 11.7. The highest BCUT2D eigenvalue weighted by molar-refractivity contribution is 5.79. The van der Waals surface area contributed by atoms with Gasteiger partial charge in [0, 0.05) is 36.7 Å². The summed E-state index contributed by atoms with van der Waals surface area (Å²) < 4.78 is 0. The van der Waals surface area contributed by atoms with Crippen LogP contribution in [0.15, 0.2) is 24.4 Å². The maximum Gasteiger partial charge on any atom is 0.226 e. The monoisotopic (exact) mass is 382 g/mol. The van der Waals surface area contributed by atoms with Crippen molar-refractivity contribution >= 4 is 5.91 Å². The lowest BCUT2D eigenvalue weighted by atomic mass is 9.49. The zero-order valence-corrected chi connectivity index (χ0v) is 18.0. The molecule has 0 aromatic heterocycles. The van der Waals surface area contributed by atoms with Gasteiger partial charge in [0.25, 0.3) is 0 Å². The Balaban J connectivity index is 1.47. The van der Waals surface area contributed by atoms with Crippen LogP contribution in [0.4, 0.5) is 0 Å². The summed E-state index contributed by atoms with van der Waals surface area (Å²) in [6, 6.07) is 1.44. The van der Waals surface area contributed by atoms with Crippen molar-refractivity contribution < 1.29 is 4.79 Å². The fourth-order valence-corrected chi connectivity index (χ4v) is 8.04. The quantitative estimate of drug-likeness (QED) is 0.702. The minimum atomic E-state index is 0.197. The third-order valence-electron chi connectivity index (χ3n) is 9.66. The molecule has 154 valence electrons. The number of piperidine rings is 1. The number of hydrogen-bond donors (Lipinski definition) is 1. The molecule has 3 saturated carbocycles. The van der Waals surface area contributed by atoms with E-state index < -0.39 is 0 Å². The van der Waals surface area contributed by atoms with Crippen LogP contribution in [-0.2, 0) is 4.79 Å². The maximum atomic E-state index is 12.3. The van der Waals surface area contributed by atoms with Gasteiger partial charge in [0.05, 0.1) is 0 Å². The molecule has 0 spiro atoms. The van der Waals surface area contributed by atoms with Crippen LogP contribution in [0.1, 0.15) is 71.6 Å². The number of fused-ring (bicyclic) bond motifs is 5. The summed E-state index contributed by atoms with van der Waals surface area (Å²) in [4.78, 5) is 14.3. The van der Waals surface area contributed by atoms with Crippen molar-refractivity contribution in [2.75, 3.05) is 7.05 Å². The SMILES string of the molecule is C=CCC1C[C@H]2[C@@H]3CC=C4N(C)C(=O)CC[C@]4(C)[C@@H]3CC[C@]2(C)C1NC1CC1. The van der Waals surface area contributed by atoms with Crippen molar-refractivity contribution in [3.8, 4) is 0 Å². The van der Waals surface area contributed by atoms with E-state index in [-0.39, 0.29) is 5.41 Å². The molecular weight excluding hydrogens is 344 g/mol. The Hall–Kier alpha value is -1.09. The number of hydrogen-bond acceptors (Lipinski definition) is 2. The minimum absolute atomic E-state index is 0.197. The normalized spacial score (nSPS) is 47.8. The second kappa shape index (κ2) is 6.45. The molecule has 1 saturated heterocycles. The first kappa shape index (κ1) is 18.9. The fraction of sp³-hybridized carbons (Fsp3) is 0.800. The Kier molecular flexibility index (Phi) is 4.36. The van der Waals surface area contributed by atoms with E-state index in [9.17, 15) is 4.79 Å². The smallest absolute Gasteiger partial charge is 0.226 e. The predicted molar refractivity (Wildman–Crippen MR) is 113 cm³/mol. The number of rotatable bonds is 4. The lowest BCUT2D eigenvalue weighted by Crippen LogP contribution is -2.55. The minimum Gasteiger partial charge on any atom is -0.319 e. The van der Waals surface area contributed by atoms with Gasteiger partial charge in [-0.3, -0.25) is 4.79 Å². The summed E-state index contributed by atoms with van der Waals surface area (Å²) >= 11 is 0. The van der Waals surface area contributed by atoms with E-state index in [2.05, 4.69) is 37.9 Å². The number of amides is 1. The number of likely N-dealkylation sites (tertiary alicyclic amines) is 1. The fourth-order valence-electron chi connectivity index (χ4n) is 8.04. The van der Waals surface area contributed by atoms with Crippen LogP contribution in [0.5, 0.6) is 0 Å². The Labute approximate surface area is 171 Å². The van der Waals surface area contributed by atoms with Crippen LogP contribution in [-0.4, -0.2) is 29.9 Å². The van der Waals surface area contributed by atoms with E-state index in [4.69, 9.17) is 0 Å². The summed E-state index contributed by atoms with van der Waals surface area (Å²) in [6.45, 7) is 9.16. The molecule has 0 aromatic rings. The summed E-state index contributed by atoms with van der Waals surface area (Å²) in [5, 5.41) is 4.09. The van der Waals surface area contributed by atoms with E-state index >= 15 is 0 Å². The molecule has 0 aromatic carbocycles. The van der Waals surface area contributed by atoms with Gasteiger partial charge in [0.15, 0.2) is 0 Å². The lowest BCUT2D eigenvalue weighted by molar-refractivity contribution is -0.135. The molecule has 4 aliphatic carbocycles.